The molecule has 2 N–H and O–H groups in total. The lowest BCUT2D eigenvalue weighted by molar-refractivity contribution is -0.123. The van der Waals surface area contributed by atoms with Crippen LogP contribution in [0.5, 0.6) is 0 Å². The molecule has 0 bridgehead atoms. The molecule has 1 spiro atoms. The molecule has 4 nitrogen and oxygen atoms in total. The van der Waals surface area contributed by atoms with Crippen molar-refractivity contribution < 1.29 is 14.6 Å². The molecule has 0 amide bonds. The van der Waals surface area contributed by atoms with Crippen LogP contribution < -0.4 is 5.32 Å². The fourth-order valence-corrected chi connectivity index (χ4v) is 8.93. The minimum absolute atomic E-state index is 0.0653. The lowest BCUT2D eigenvalue weighted by Gasteiger charge is -2.48. The zero-order chi connectivity index (χ0) is 21.7. The summed E-state index contributed by atoms with van der Waals surface area (Å²) in [5, 5.41) is 14.0. The average Bonchev–Trinajstić information content (AvgIpc) is 3.18. The molecule has 2 aliphatic heterocycles. The van der Waals surface area contributed by atoms with E-state index < -0.39 is 0 Å². The summed E-state index contributed by atoms with van der Waals surface area (Å²) in [4.78, 5) is 14.1. The second-order valence-electron chi connectivity index (χ2n) is 12.1. The monoisotopic (exact) mass is 425 g/mol. The number of nitrogens with one attached hydrogen (secondary N) is 1. The van der Waals surface area contributed by atoms with Gasteiger partial charge in [-0.3, -0.25) is 4.79 Å². The van der Waals surface area contributed by atoms with Crippen LogP contribution in [0.2, 0.25) is 0 Å². The molecule has 2 saturated heterocycles. The highest BCUT2D eigenvalue weighted by Crippen LogP contribution is 2.63. The minimum Gasteiger partial charge on any atom is -0.393 e. The zero-order valence-corrected chi connectivity index (χ0v) is 19.6. The quantitative estimate of drug-likeness (QED) is 0.572. The van der Waals surface area contributed by atoms with Crippen molar-refractivity contribution in [3.63, 3.8) is 0 Å². The highest BCUT2D eigenvalue weighted by Gasteiger charge is 2.63. The summed E-state index contributed by atoms with van der Waals surface area (Å²) in [6.45, 7) is 10.3. The van der Waals surface area contributed by atoms with Gasteiger partial charge in [0.2, 0.25) is 0 Å². The van der Waals surface area contributed by atoms with Crippen LogP contribution in [-0.2, 0) is 9.53 Å². The first-order valence-electron chi connectivity index (χ1n) is 12.8. The molecular formula is C27H39NO3. The van der Waals surface area contributed by atoms with E-state index in [2.05, 4.69) is 39.1 Å². The molecule has 10 atom stereocenters. The molecule has 6 rings (SSSR count). The molecule has 0 unspecified atom stereocenters. The van der Waals surface area contributed by atoms with Crippen LogP contribution >= 0.6 is 0 Å². The fraction of sp³-hybridized carbons (Fsp3) is 0.815. The first-order chi connectivity index (χ1) is 14.8. The van der Waals surface area contributed by atoms with E-state index in [9.17, 15) is 9.90 Å². The van der Waals surface area contributed by atoms with Crippen molar-refractivity contribution in [2.24, 2.45) is 35.0 Å². The molecule has 31 heavy (non-hydrogen) atoms. The molecule has 4 fully saturated rings. The fourth-order valence-electron chi connectivity index (χ4n) is 8.93. The Labute approximate surface area is 186 Å². The van der Waals surface area contributed by atoms with Gasteiger partial charge in [-0.25, -0.2) is 0 Å². The Morgan fingerprint density at radius 3 is 2.84 bits per heavy atom. The highest BCUT2D eigenvalue weighted by atomic mass is 16.5. The summed E-state index contributed by atoms with van der Waals surface area (Å²) < 4.78 is 6.93. The van der Waals surface area contributed by atoms with Gasteiger partial charge in [0.1, 0.15) is 0 Å². The number of carbonyl (C=O) groups excluding carboxylic acids is 1. The molecule has 170 valence electrons. The van der Waals surface area contributed by atoms with Crippen molar-refractivity contribution >= 4 is 5.78 Å². The van der Waals surface area contributed by atoms with Crippen LogP contribution in [0.15, 0.2) is 22.8 Å². The van der Waals surface area contributed by atoms with Crippen molar-refractivity contribution in [1.29, 1.82) is 0 Å². The van der Waals surface area contributed by atoms with Gasteiger partial charge in [0.25, 0.3) is 0 Å². The number of rotatable bonds is 0. The molecule has 0 aromatic heterocycles. The maximum atomic E-state index is 14.1. The van der Waals surface area contributed by atoms with Gasteiger partial charge in [-0.05, 0) is 87.2 Å². The summed E-state index contributed by atoms with van der Waals surface area (Å²) in [5.74, 6) is 2.41. The third-order valence-electron chi connectivity index (χ3n) is 10.6. The normalized spacial score (nSPS) is 53.7. The lowest BCUT2D eigenvalue weighted by Crippen LogP contribution is -2.49. The first kappa shape index (κ1) is 20.6. The van der Waals surface area contributed by atoms with Crippen LogP contribution in [0, 0.1) is 35.0 Å². The number of Topliss-reactive ketones (excluding diaryl/α,β-unsaturated/α-hetero) is 1. The van der Waals surface area contributed by atoms with E-state index in [0.29, 0.717) is 35.5 Å². The Bertz CT molecular complexity index is 876. The first-order valence-corrected chi connectivity index (χ1v) is 12.8. The Morgan fingerprint density at radius 1 is 1.23 bits per heavy atom. The summed E-state index contributed by atoms with van der Waals surface area (Å²) in [6.07, 6.45) is 9.23. The predicted octanol–water partition coefficient (Wildman–Crippen LogP) is 4.18. The number of aliphatic hydroxyl groups is 1. The molecule has 4 aliphatic carbocycles. The Morgan fingerprint density at radius 2 is 2.03 bits per heavy atom. The summed E-state index contributed by atoms with van der Waals surface area (Å²) in [5.41, 5.74) is 3.43. The summed E-state index contributed by atoms with van der Waals surface area (Å²) >= 11 is 0. The summed E-state index contributed by atoms with van der Waals surface area (Å²) in [6, 6.07) is 0.410. The van der Waals surface area contributed by atoms with Gasteiger partial charge in [-0.15, -0.1) is 0 Å². The number of carbonyl (C=O) groups is 1. The van der Waals surface area contributed by atoms with Crippen molar-refractivity contribution in [3.05, 3.63) is 22.8 Å². The number of allylic oxidation sites excluding steroid dienone is 2. The minimum atomic E-state index is -0.263. The van der Waals surface area contributed by atoms with Gasteiger partial charge in [-0.2, -0.15) is 0 Å². The van der Waals surface area contributed by atoms with E-state index >= 15 is 0 Å². The predicted molar refractivity (Wildman–Crippen MR) is 120 cm³/mol. The number of ketones is 1. The van der Waals surface area contributed by atoms with E-state index in [1.807, 2.05) is 0 Å². The second kappa shape index (κ2) is 6.77. The molecule has 0 aromatic carbocycles. The van der Waals surface area contributed by atoms with Crippen LogP contribution in [0.25, 0.3) is 0 Å². The highest BCUT2D eigenvalue weighted by molar-refractivity contribution is 6.02. The van der Waals surface area contributed by atoms with E-state index in [0.717, 1.165) is 57.1 Å². The van der Waals surface area contributed by atoms with Crippen LogP contribution in [-0.4, -0.2) is 41.3 Å². The molecule has 2 heterocycles. The topological polar surface area (TPSA) is 58.6 Å². The second-order valence-corrected chi connectivity index (χ2v) is 12.1. The number of piperidine rings is 1. The van der Waals surface area contributed by atoms with Gasteiger partial charge in [0.05, 0.1) is 17.8 Å². The van der Waals surface area contributed by atoms with Crippen molar-refractivity contribution in [2.75, 3.05) is 6.54 Å². The smallest absolute Gasteiger partial charge is 0.163 e. The van der Waals surface area contributed by atoms with E-state index in [1.165, 1.54) is 11.1 Å². The van der Waals surface area contributed by atoms with Gasteiger partial charge in [0.15, 0.2) is 5.78 Å². The zero-order valence-electron chi connectivity index (χ0n) is 19.6. The third kappa shape index (κ3) is 2.62. The largest absolute Gasteiger partial charge is 0.393 e. The van der Waals surface area contributed by atoms with Gasteiger partial charge in [0, 0.05) is 23.5 Å². The number of hydrogen-bond donors (Lipinski definition) is 2. The van der Waals surface area contributed by atoms with Gasteiger partial charge >= 0.3 is 0 Å². The Kier molecular flexibility index (Phi) is 4.51. The molecule has 6 aliphatic rings. The van der Waals surface area contributed by atoms with E-state index in [4.69, 9.17) is 4.74 Å². The van der Waals surface area contributed by atoms with Crippen molar-refractivity contribution in [3.8, 4) is 0 Å². The average molecular weight is 426 g/mol. The third-order valence-corrected chi connectivity index (χ3v) is 10.6. The van der Waals surface area contributed by atoms with Crippen LogP contribution in [0.3, 0.4) is 0 Å². The standard InChI is InChI=1S/C27H39NO3/c1-14-11-21-24(28-13-14)16(3)27(31-21)10-8-19-20-6-5-17-12-18(29)7-9-26(17,4)23(20)25(30)22(19)15(27)2/h5,14,16,18-21,23-24,28-29H,6-13H2,1-4H3/t14-,16+,18-,19-,20+,21+,23+,24-,26+,27-/m1/s1. The number of hydrogen-bond acceptors (Lipinski definition) is 4. The Hall–Kier alpha value is -0.970. The SMILES string of the molecule is CC1=C2C(=O)[C@@H]3[C@@H](CC=C4C[C@H](O)CC[C@@]43C)[C@H]2CC[C@@]12O[C@H]1C[C@@H](C)CN[C@@H]1[C@@H]2C. The maximum absolute atomic E-state index is 14.1. The molecule has 0 aromatic rings. The van der Waals surface area contributed by atoms with Gasteiger partial charge < -0.3 is 15.2 Å². The maximum Gasteiger partial charge on any atom is 0.163 e. The van der Waals surface area contributed by atoms with Crippen molar-refractivity contribution in [1.82, 2.24) is 5.32 Å². The van der Waals surface area contributed by atoms with E-state index in [-0.39, 0.29) is 29.1 Å². The molecule has 4 heteroatoms. The van der Waals surface area contributed by atoms with Crippen LogP contribution in [0.4, 0.5) is 0 Å². The van der Waals surface area contributed by atoms with Crippen LogP contribution in [0.1, 0.15) is 72.6 Å². The van der Waals surface area contributed by atoms with Crippen molar-refractivity contribution in [2.45, 2.75) is 96.5 Å². The summed E-state index contributed by atoms with van der Waals surface area (Å²) in [7, 11) is 0. The molecule has 0 radical (unpaired) electrons. The lowest BCUT2D eigenvalue weighted by atomic mass is 9.56. The van der Waals surface area contributed by atoms with Gasteiger partial charge in [-0.1, -0.05) is 32.4 Å². The molecular weight excluding hydrogens is 386 g/mol. The molecule has 2 saturated carbocycles. The number of ether oxygens (including phenoxy) is 1. The number of fused-ring (bicyclic) bond motifs is 6. The van der Waals surface area contributed by atoms with E-state index in [1.54, 1.807) is 0 Å². The Balaban J connectivity index is 1.39. The number of aliphatic hydroxyl groups excluding tert-OH is 1.